The van der Waals surface area contributed by atoms with Gasteiger partial charge in [-0.15, -0.1) is 11.3 Å². The topological polar surface area (TPSA) is 17.1 Å². The summed E-state index contributed by atoms with van der Waals surface area (Å²) in [5.41, 5.74) is 0.611. The summed E-state index contributed by atoms with van der Waals surface area (Å²) >= 11 is 11.0. The highest BCUT2D eigenvalue weighted by Gasteiger charge is 2.20. The molecule has 0 fully saturated rings. The number of benzene rings is 1. The van der Waals surface area contributed by atoms with E-state index in [1.54, 1.807) is 12.1 Å². The molecule has 0 spiro atoms. The first-order valence-electron chi connectivity index (χ1n) is 5.89. The third-order valence-corrected chi connectivity index (χ3v) is 5.06. The van der Waals surface area contributed by atoms with Crippen molar-refractivity contribution in [3.8, 4) is 0 Å². The molecule has 2 aromatic rings. The van der Waals surface area contributed by atoms with Crippen LogP contribution < -0.4 is 0 Å². The number of carbonyl (C=O) groups excluding carboxylic acids is 1. The van der Waals surface area contributed by atoms with Crippen LogP contribution in [0.1, 0.15) is 40.9 Å². The van der Waals surface area contributed by atoms with E-state index < -0.39 is 0 Å². The van der Waals surface area contributed by atoms with Gasteiger partial charge in [-0.2, -0.15) is 0 Å². The number of hydrogen-bond acceptors (Lipinski definition) is 2. The number of hydrogen-bond donors (Lipinski definition) is 0. The summed E-state index contributed by atoms with van der Waals surface area (Å²) in [5, 5.41) is 0.477. The highest BCUT2D eigenvalue weighted by atomic mass is 79.9. The van der Waals surface area contributed by atoms with Gasteiger partial charge in [0.05, 0.1) is 9.90 Å². The summed E-state index contributed by atoms with van der Waals surface area (Å²) in [6, 6.07) is 9.23. The monoisotopic (exact) mass is 356 g/mol. The zero-order valence-electron chi connectivity index (χ0n) is 11.0. The molecule has 1 aromatic heterocycles. The Morgan fingerprint density at radius 1 is 1.21 bits per heavy atom. The van der Waals surface area contributed by atoms with E-state index in [-0.39, 0.29) is 11.2 Å². The van der Waals surface area contributed by atoms with Crippen molar-refractivity contribution in [2.45, 2.75) is 26.2 Å². The van der Waals surface area contributed by atoms with E-state index in [0.717, 1.165) is 9.35 Å². The van der Waals surface area contributed by atoms with Gasteiger partial charge < -0.3 is 0 Å². The summed E-state index contributed by atoms with van der Waals surface area (Å²) in [5.74, 6) is -0.0157. The highest BCUT2D eigenvalue weighted by molar-refractivity contribution is 9.10. The molecule has 0 aliphatic carbocycles. The third kappa shape index (κ3) is 3.28. The predicted octanol–water partition coefficient (Wildman–Crippen LogP) is 5.69. The van der Waals surface area contributed by atoms with Crippen LogP contribution in [0.3, 0.4) is 0 Å². The molecule has 19 heavy (non-hydrogen) atoms. The van der Waals surface area contributed by atoms with Gasteiger partial charge in [-0.3, -0.25) is 4.79 Å². The van der Waals surface area contributed by atoms with Gasteiger partial charge in [-0.05, 0) is 35.7 Å². The zero-order chi connectivity index (χ0) is 14.2. The van der Waals surface area contributed by atoms with Crippen molar-refractivity contribution < 1.29 is 4.79 Å². The van der Waals surface area contributed by atoms with Crippen LogP contribution in [-0.4, -0.2) is 5.78 Å². The Kier molecular flexibility index (Phi) is 4.19. The van der Waals surface area contributed by atoms with E-state index in [0.29, 0.717) is 10.6 Å². The number of thiophene rings is 1. The van der Waals surface area contributed by atoms with Crippen molar-refractivity contribution in [2.24, 2.45) is 0 Å². The normalized spacial score (nSPS) is 11.6. The number of carbonyl (C=O) groups is 1. The van der Waals surface area contributed by atoms with Crippen LogP contribution in [0.15, 0.2) is 34.8 Å². The van der Waals surface area contributed by atoms with Crippen molar-refractivity contribution in [1.29, 1.82) is 0 Å². The summed E-state index contributed by atoms with van der Waals surface area (Å²) in [6.45, 7) is 6.42. The fourth-order valence-electron chi connectivity index (χ4n) is 1.67. The van der Waals surface area contributed by atoms with Gasteiger partial charge in [-0.1, -0.05) is 48.3 Å². The van der Waals surface area contributed by atoms with Crippen LogP contribution in [0.2, 0.25) is 5.02 Å². The van der Waals surface area contributed by atoms with E-state index in [9.17, 15) is 4.79 Å². The lowest BCUT2D eigenvalue weighted by Gasteiger charge is -2.15. The van der Waals surface area contributed by atoms with Crippen LogP contribution in [0.5, 0.6) is 0 Å². The minimum atomic E-state index is -0.0157. The second kappa shape index (κ2) is 5.39. The standard InChI is InChI=1S/C15H14BrClOS/c1-15(2,3)13-7-6-12(19-13)14(18)10-5-4-9(16)8-11(10)17/h4-8H,1-3H3. The molecule has 100 valence electrons. The number of ketones is 1. The van der Waals surface area contributed by atoms with E-state index >= 15 is 0 Å². The summed E-state index contributed by atoms with van der Waals surface area (Å²) in [6.07, 6.45) is 0. The van der Waals surface area contributed by atoms with E-state index in [1.807, 2.05) is 18.2 Å². The van der Waals surface area contributed by atoms with Crippen LogP contribution in [-0.2, 0) is 5.41 Å². The molecule has 0 amide bonds. The van der Waals surface area contributed by atoms with Gasteiger partial charge in [0.25, 0.3) is 0 Å². The van der Waals surface area contributed by atoms with Gasteiger partial charge >= 0.3 is 0 Å². The van der Waals surface area contributed by atoms with E-state index in [4.69, 9.17) is 11.6 Å². The number of rotatable bonds is 2. The Balaban J connectivity index is 2.37. The lowest BCUT2D eigenvalue weighted by molar-refractivity contribution is 0.104. The first kappa shape index (κ1) is 14.8. The van der Waals surface area contributed by atoms with E-state index in [1.165, 1.54) is 16.2 Å². The average Bonchev–Trinajstić information content (AvgIpc) is 2.76. The quantitative estimate of drug-likeness (QED) is 0.631. The molecule has 0 N–H and O–H groups in total. The van der Waals surface area contributed by atoms with Gasteiger partial charge in [0.1, 0.15) is 0 Å². The van der Waals surface area contributed by atoms with Gasteiger partial charge in [-0.25, -0.2) is 0 Å². The smallest absolute Gasteiger partial charge is 0.204 e. The minimum Gasteiger partial charge on any atom is -0.288 e. The molecule has 0 radical (unpaired) electrons. The number of halogens is 2. The second-order valence-corrected chi connectivity index (χ2v) is 7.77. The molecule has 1 heterocycles. The molecule has 4 heteroatoms. The van der Waals surface area contributed by atoms with Gasteiger partial charge in [0, 0.05) is 14.9 Å². The summed E-state index contributed by atoms with van der Waals surface area (Å²) in [7, 11) is 0. The van der Waals surface area contributed by atoms with Crippen molar-refractivity contribution in [3.63, 3.8) is 0 Å². The Morgan fingerprint density at radius 3 is 2.42 bits per heavy atom. The first-order chi connectivity index (χ1) is 8.79. The Labute approximate surface area is 130 Å². The maximum Gasteiger partial charge on any atom is 0.204 e. The van der Waals surface area contributed by atoms with Crippen molar-refractivity contribution in [2.75, 3.05) is 0 Å². The van der Waals surface area contributed by atoms with Crippen LogP contribution in [0, 0.1) is 0 Å². The molecule has 0 aliphatic heterocycles. The molecule has 0 atom stereocenters. The molecule has 0 aliphatic rings. The first-order valence-corrected chi connectivity index (χ1v) is 7.88. The Morgan fingerprint density at radius 2 is 1.89 bits per heavy atom. The predicted molar refractivity (Wildman–Crippen MR) is 85.6 cm³/mol. The molecule has 1 aromatic carbocycles. The zero-order valence-corrected chi connectivity index (χ0v) is 14.1. The second-order valence-electron chi connectivity index (χ2n) is 5.37. The lowest BCUT2D eigenvalue weighted by atomic mass is 9.95. The van der Waals surface area contributed by atoms with Crippen LogP contribution >= 0.6 is 38.9 Å². The van der Waals surface area contributed by atoms with Crippen LogP contribution in [0.25, 0.3) is 0 Å². The summed E-state index contributed by atoms with van der Waals surface area (Å²) in [4.78, 5) is 14.4. The Bertz CT molecular complexity index is 625. The molecule has 1 nitrogen and oxygen atoms in total. The maximum absolute atomic E-state index is 12.4. The van der Waals surface area contributed by atoms with Crippen LogP contribution in [0.4, 0.5) is 0 Å². The molecule has 0 unspecified atom stereocenters. The maximum atomic E-state index is 12.4. The fourth-order valence-corrected chi connectivity index (χ4v) is 3.45. The van der Waals surface area contributed by atoms with Crippen molar-refractivity contribution >= 4 is 44.7 Å². The molecule has 2 rings (SSSR count). The van der Waals surface area contributed by atoms with Gasteiger partial charge in [0.2, 0.25) is 5.78 Å². The van der Waals surface area contributed by atoms with Gasteiger partial charge in [0.15, 0.2) is 0 Å². The molecular formula is C15H14BrClOS. The molecule has 0 saturated carbocycles. The largest absolute Gasteiger partial charge is 0.288 e. The lowest BCUT2D eigenvalue weighted by Crippen LogP contribution is -2.08. The average molecular weight is 358 g/mol. The highest BCUT2D eigenvalue weighted by Crippen LogP contribution is 2.32. The minimum absolute atomic E-state index is 0.0157. The third-order valence-electron chi connectivity index (χ3n) is 2.74. The van der Waals surface area contributed by atoms with E-state index in [2.05, 4.69) is 36.7 Å². The molecule has 0 saturated heterocycles. The van der Waals surface area contributed by atoms with Crippen molar-refractivity contribution in [1.82, 2.24) is 0 Å². The summed E-state index contributed by atoms with van der Waals surface area (Å²) < 4.78 is 0.871. The van der Waals surface area contributed by atoms with Crippen molar-refractivity contribution in [3.05, 3.63) is 55.1 Å². The SMILES string of the molecule is CC(C)(C)c1ccc(C(=O)c2ccc(Br)cc2Cl)s1. The fraction of sp³-hybridized carbons (Fsp3) is 0.267. The Hall–Kier alpha value is -0.640. The molecule has 0 bridgehead atoms. The molecular weight excluding hydrogens is 344 g/mol.